The van der Waals surface area contributed by atoms with Gasteiger partial charge in [0.1, 0.15) is 0 Å². The minimum Gasteiger partial charge on any atom is -0.328 e. The SMILES string of the molecule is CS[C@H]1CC[C@@H](N)C1. The summed E-state index contributed by atoms with van der Waals surface area (Å²) in [6, 6.07) is 0.507. The average Bonchev–Trinajstić information content (AvgIpc) is 2.14. The third-order valence-corrected chi connectivity index (χ3v) is 2.85. The van der Waals surface area contributed by atoms with Gasteiger partial charge in [0.2, 0.25) is 0 Å². The van der Waals surface area contributed by atoms with Crippen molar-refractivity contribution in [3.8, 4) is 0 Å². The summed E-state index contributed by atoms with van der Waals surface area (Å²) < 4.78 is 0. The molecule has 2 heteroatoms. The minimum atomic E-state index is 0.507. The first-order valence-electron chi connectivity index (χ1n) is 3.11. The summed E-state index contributed by atoms with van der Waals surface area (Å²) in [6.45, 7) is 0. The van der Waals surface area contributed by atoms with Gasteiger partial charge in [0, 0.05) is 11.3 Å². The van der Waals surface area contributed by atoms with E-state index in [0.717, 1.165) is 5.25 Å². The Kier molecular flexibility index (Phi) is 2.20. The molecule has 0 aromatic heterocycles. The quantitative estimate of drug-likeness (QED) is 0.579. The standard InChI is InChI=1S/C6H13NS/c1-8-6-3-2-5(7)4-6/h5-6H,2-4,7H2,1H3/t5-,6+/m1/s1. The fourth-order valence-electron chi connectivity index (χ4n) is 1.19. The number of hydrogen-bond acceptors (Lipinski definition) is 2. The van der Waals surface area contributed by atoms with Crippen molar-refractivity contribution in [3.63, 3.8) is 0 Å². The van der Waals surface area contributed by atoms with Crippen LogP contribution in [0.15, 0.2) is 0 Å². The van der Waals surface area contributed by atoms with Gasteiger partial charge in [-0.25, -0.2) is 0 Å². The second-order valence-electron chi connectivity index (χ2n) is 2.43. The lowest BCUT2D eigenvalue weighted by Gasteiger charge is -2.02. The van der Waals surface area contributed by atoms with Crippen molar-refractivity contribution in [3.05, 3.63) is 0 Å². The van der Waals surface area contributed by atoms with Gasteiger partial charge in [-0.2, -0.15) is 11.8 Å². The molecule has 1 saturated carbocycles. The fourth-order valence-corrected chi connectivity index (χ4v) is 2.00. The molecule has 0 aromatic rings. The van der Waals surface area contributed by atoms with E-state index in [0.29, 0.717) is 6.04 Å². The first kappa shape index (κ1) is 6.43. The van der Waals surface area contributed by atoms with Crippen LogP contribution in [0.25, 0.3) is 0 Å². The highest BCUT2D eigenvalue weighted by Crippen LogP contribution is 2.26. The second kappa shape index (κ2) is 2.74. The van der Waals surface area contributed by atoms with Crippen molar-refractivity contribution in [1.29, 1.82) is 0 Å². The monoisotopic (exact) mass is 131 g/mol. The first-order chi connectivity index (χ1) is 3.83. The first-order valence-corrected chi connectivity index (χ1v) is 4.40. The maximum Gasteiger partial charge on any atom is 0.00595 e. The zero-order valence-corrected chi connectivity index (χ0v) is 6.08. The highest BCUT2D eigenvalue weighted by Gasteiger charge is 2.19. The fraction of sp³-hybridized carbons (Fsp3) is 1.00. The molecule has 0 spiro atoms. The molecule has 1 nitrogen and oxygen atoms in total. The highest BCUT2D eigenvalue weighted by molar-refractivity contribution is 7.99. The van der Waals surface area contributed by atoms with E-state index in [1.54, 1.807) is 0 Å². The van der Waals surface area contributed by atoms with Crippen LogP contribution < -0.4 is 5.73 Å². The molecule has 0 amide bonds. The summed E-state index contributed by atoms with van der Waals surface area (Å²) in [4.78, 5) is 0. The Morgan fingerprint density at radius 2 is 2.25 bits per heavy atom. The topological polar surface area (TPSA) is 26.0 Å². The van der Waals surface area contributed by atoms with Crippen molar-refractivity contribution < 1.29 is 0 Å². The van der Waals surface area contributed by atoms with Gasteiger partial charge in [0.05, 0.1) is 0 Å². The molecule has 0 aliphatic heterocycles. The molecular weight excluding hydrogens is 118 g/mol. The van der Waals surface area contributed by atoms with Crippen LogP contribution in [0.1, 0.15) is 19.3 Å². The van der Waals surface area contributed by atoms with E-state index in [2.05, 4.69) is 6.26 Å². The number of hydrogen-bond donors (Lipinski definition) is 1. The smallest absolute Gasteiger partial charge is 0.00595 e. The van der Waals surface area contributed by atoms with Crippen molar-refractivity contribution >= 4 is 11.8 Å². The van der Waals surface area contributed by atoms with Crippen molar-refractivity contribution in [1.82, 2.24) is 0 Å². The number of rotatable bonds is 1. The van der Waals surface area contributed by atoms with Crippen molar-refractivity contribution in [2.24, 2.45) is 5.73 Å². The molecule has 0 radical (unpaired) electrons. The van der Waals surface area contributed by atoms with Gasteiger partial charge in [-0.15, -0.1) is 0 Å². The van der Waals surface area contributed by atoms with Crippen LogP contribution in [-0.2, 0) is 0 Å². The molecule has 0 aromatic carbocycles. The largest absolute Gasteiger partial charge is 0.328 e. The molecule has 48 valence electrons. The van der Waals surface area contributed by atoms with E-state index in [9.17, 15) is 0 Å². The van der Waals surface area contributed by atoms with E-state index in [4.69, 9.17) is 5.73 Å². The zero-order chi connectivity index (χ0) is 5.98. The van der Waals surface area contributed by atoms with Crippen molar-refractivity contribution in [2.75, 3.05) is 6.26 Å². The van der Waals surface area contributed by atoms with Gasteiger partial charge in [0.25, 0.3) is 0 Å². The lowest BCUT2D eigenvalue weighted by atomic mass is 10.3. The zero-order valence-electron chi connectivity index (χ0n) is 5.26. The molecule has 0 saturated heterocycles. The second-order valence-corrected chi connectivity index (χ2v) is 3.57. The van der Waals surface area contributed by atoms with E-state index in [1.165, 1.54) is 19.3 Å². The maximum atomic E-state index is 5.69. The summed E-state index contributed by atoms with van der Waals surface area (Å²) in [5.41, 5.74) is 5.69. The third-order valence-electron chi connectivity index (χ3n) is 1.76. The third kappa shape index (κ3) is 1.39. The van der Waals surface area contributed by atoms with Crippen LogP contribution in [0.2, 0.25) is 0 Å². The van der Waals surface area contributed by atoms with Crippen LogP contribution in [0.3, 0.4) is 0 Å². The summed E-state index contributed by atoms with van der Waals surface area (Å²) >= 11 is 1.96. The normalized spacial score (nSPS) is 38.2. The molecule has 2 atom stereocenters. The molecule has 1 fully saturated rings. The summed E-state index contributed by atoms with van der Waals surface area (Å²) in [6.07, 6.45) is 5.98. The van der Waals surface area contributed by atoms with Crippen LogP contribution in [0.5, 0.6) is 0 Å². The van der Waals surface area contributed by atoms with Gasteiger partial charge in [-0.05, 0) is 25.5 Å². The molecule has 0 unspecified atom stereocenters. The lowest BCUT2D eigenvalue weighted by Crippen LogP contribution is -2.14. The van der Waals surface area contributed by atoms with Gasteiger partial charge in [-0.3, -0.25) is 0 Å². The van der Waals surface area contributed by atoms with Crippen molar-refractivity contribution in [2.45, 2.75) is 30.6 Å². The molecule has 0 heterocycles. The molecule has 0 bridgehead atoms. The molecule has 1 aliphatic rings. The van der Waals surface area contributed by atoms with Crippen LogP contribution in [-0.4, -0.2) is 17.5 Å². The number of nitrogens with two attached hydrogens (primary N) is 1. The van der Waals surface area contributed by atoms with Gasteiger partial charge >= 0.3 is 0 Å². The Hall–Kier alpha value is 0.310. The molecular formula is C6H13NS. The highest BCUT2D eigenvalue weighted by atomic mass is 32.2. The summed E-state index contributed by atoms with van der Waals surface area (Å²) in [5.74, 6) is 0. The molecule has 2 N–H and O–H groups in total. The minimum absolute atomic E-state index is 0.507. The molecule has 1 rings (SSSR count). The van der Waals surface area contributed by atoms with Crippen LogP contribution in [0.4, 0.5) is 0 Å². The molecule has 1 aliphatic carbocycles. The van der Waals surface area contributed by atoms with E-state index < -0.39 is 0 Å². The maximum absolute atomic E-state index is 5.69. The Balaban J connectivity index is 2.22. The summed E-state index contributed by atoms with van der Waals surface area (Å²) in [7, 11) is 0. The van der Waals surface area contributed by atoms with E-state index >= 15 is 0 Å². The van der Waals surface area contributed by atoms with Gasteiger partial charge < -0.3 is 5.73 Å². The number of thioether (sulfide) groups is 1. The van der Waals surface area contributed by atoms with Crippen LogP contribution >= 0.6 is 11.8 Å². The van der Waals surface area contributed by atoms with Crippen LogP contribution in [0, 0.1) is 0 Å². The van der Waals surface area contributed by atoms with E-state index in [-0.39, 0.29) is 0 Å². The van der Waals surface area contributed by atoms with E-state index in [1.807, 2.05) is 11.8 Å². The molecule has 8 heavy (non-hydrogen) atoms. The van der Waals surface area contributed by atoms with Gasteiger partial charge in [-0.1, -0.05) is 0 Å². The Bertz CT molecular complexity index is 74.9. The predicted molar refractivity (Wildman–Crippen MR) is 39.1 cm³/mol. The van der Waals surface area contributed by atoms with Gasteiger partial charge in [0.15, 0.2) is 0 Å². The lowest BCUT2D eigenvalue weighted by molar-refractivity contribution is 0.706. The Morgan fingerprint density at radius 1 is 1.50 bits per heavy atom. The Morgan fingerprint density at radius 3 is 2.50 bits per heavy atom. The predicted octanol–water partition coefficient (Wildman–Crippen LogP) is 1.23. The summed E-state index contributed by atoms with van der Waals surface area (Å²) in [5, 5.41) is 0.866. The Labute approximate surface area is 55.0 Å². The average molecular weight is 131 g/mol.